The van der Waals surface area contributed by atoms with Crippen LogP contribution in [0.4, 0.5) is 5.82 Å². The summed E-state index contributed by atoms with van der Waals surface area (Å²) >= 11 is 1.59. The number of aromatic nitrogens is 1. The van der Waals surface area contributed by atoms with Crippen molar-refractivity contribution in [1.82, 2.24) is 14.2 Å². The van der Waals surface area contributed by atoms with Gasteiger partial charge < -0.3 is 4.90 Å². The molecule has 5 aliphatic rings. The number of imide groups is 1. The third-order valence-electron chi connectivity index (χ3n) is 9.56. The summed E-state index contributed by atoms with van der Waals surface area (Å²) in [6, 6.07) is 8.51. The van der Waals surface area contributed by atoms with Crippen molar-refractivity contribution in [3.63, 3.8) is 0 Å². The molecule has 1 aromatic heterocycles. The molecule has 2 aliphatic heterocycles. The van der Waals surface area contributed by atoms with Crippen LogP contribution >= 0.6 is 11.5 Å². The van der Waals surface area contributed by atoms with Gasteiger partial charge in [0.15, 0.2) is 0 Å². The molecule has 0 radical (unpaired) electrons. The molecule has 0 unspecified atom stereocenters. The van der Waals surface area contributed by atoms with Gasteiger partial charge in [-0.15, -0.1) is 0 Å². The molecule has 7 rings (SSSR count). The average Bonchev–Trinajstić information content (AvgIpc) is 3.66. The number of carbonyl (C=O) groups is 2. The number of fused-ring (bicyclic) bond motifs is 6. The van der Waals surface area contributed by atoms with Gasteiger partial charge in [-0.2, -0.15) is 4.37 Å². The zero-order valence-corrected chi connectivity index (χ0v) is 21.1. The first-order valence-electron chi connectivity index (χ1n) is 13.5. The fourth-order valence-electron chi connectivity index (χ4n) is 7.77. The van der Waals surface area contributed by atoms with Crippen LogP contribution in [0.3, 0.4) is 0 Å². The highest BCUT2D eigenvalue weighted by molar-refractivity contribution is 7.13. The Labute approximate surface area is 211 Å². The summed E-state index contributed by atoms with van der Waals surface area (Å²) in [6.45, 7) is 5.63. The number of benzene rings is 1. The molecule has 35 heavy (non-hydrogen) atoms. The molecule has 3 aliphatic carbocycles. The van der Waals surface area contributed by atoms with Crippen LogP contribution in [-0.4, -0.2) is 65.3 Å². The predicted molar refractivity (Wildman–Crippen MR) is 138 cm³/mol. The van der Waals surface area contributed by atoms with E-state index < -0.39 is 0 Å². The minimum absolute atomic E-state index is 0.00115. The largest absolute Gasteiger partial charge is 0.353 e. The van der Waals surface area contributed by atoms with Gasteiger partial charge in [0.05, 0.1) is 16.5 Å². The van der Waals surface area contributed by atoms with Crippen molar-refractivity contribution in [2.24, 2.45) is 29.6 Å². The highest BCUT2D eigenvalue weighted by atomic mass is 32.1. The van der Waals surface area contributed by atoms with Crippen LogP contribution in [0.5, 0.6) is 0 Å². The Kier molecular flexibility index (Phi) is 5.46. The van der Waals surface area contributed by atoms with Crippen molar-refractivity contribution < 1.29 is 9.59 Å². The van der Waals surface area contributed by atoms with Gasteiger partial charge in [0.2, 0.25) is 11.8 Å². The summed E-state index contributed by atoms with van der Waals surface area (Å²) < 4.78 is 6.01. The number of amides is 2. The molecule has 2 saturated carbocycles. The Morgan fingerprint density at radius 1 is 0.943 bits per heavy atom. The van der Waals surface area contributed by atoms with E-state index in [-0.39, 0.29) is 23.7 Å². The maximum atomic E-state index is 13.3. The van der Waals surface area contributed by atoms with E-state index in [9.17, 15) is 9.59 Å². The fourth-order valence-corrected chi connectivity index (χ4v) is 8.57. The molecule has 4 fully saturated rings. The molecule has 2 aromatic rings. The maximum absolute atomic E-state index is 13.3. The number of piperazine rings is 1. The summed E-state index contributed by atoms with van der Waals surface area (Å²) in [5.41, 5.74) is 1.33. The van der Waals surface area contributed by atoms with Crippen molar-refractivity contribution in [2.75, 3.05) is 44.2 Å². The Balaban J connectivity index is 0.997. The van der Waals surface area contributed by atoms with Gasteiger partial charge in [-0.25, -0.2) is 0 Å². The molecule has 1 aromatic carbocycles. The number of allylic oxidation sites excluding steroid dienone is 1. The lowest BCUT2D eigenvalue weighted by Gasteiger charge is -2.38. The van der Waals surface area contributed by atoms with E-state index in [1.54, 1.807) is 16.4 Å². The van der Waals surface area contributed by atoms with E-state index >= 15 is 0 Å². The van der Waals surface area contributed by atoms with E-state index in [2.05, 4.69) is 40.1 Å². The predicted octanol–water partition coefficient (Wildman–Crippen LogP) is 4.18. The van der Waals surface area contributed by atoms with Crippen molar-refractivity contribution in [3.8, 4) is 0 Å². The van der Waals surface area contributed by atoms with Crippen LogP contribution in [0.25, 0.3) is 10.1 Å². The molecule has 2 bridgehead atoms. The molecule has 5 atom stereocenters. The van der Waals surface area contributed by atoms with Crippen LogP contribution in [-0.2, 0) is 9.59 Å². The number of rotatable bonds is 5. The second-order valence-corrected chi connectivity index (χ2v) is 12.1. The monoisotopic (exact) mass is 490 g/mol. The van der Waals surface area contributed by atoms with E-state index in [0.717, 1.165) is 70.6 Å². The van der Waals surface area contributed by atoms with E-state index in [0.29, 0.717) is 24.3 Å². The maximum Gasteiger partial charge on any atom is 0.233 e. The van der Waals surface area contributed by atoms with Gasteiger partial charge in [-0.05, 0) is 85.5 Å². The fraction of sp³-hybridized carbons (Fsp3) is 0.607. The zero-order chi connectivity index (χ0) is 23.5. The van der Waals surface area contributed by atoms with Crippen LogP contribution in [0, 0.1) is 29.6 Å². The van der Waals surface area contributed by atoms with Crippen LogP contribution < -0.4 is 4.90 Å². The molecule has 3 heterocycles. The number of anilines is 1. The number of nitrogens with zero attached hydrogens (tertiary/aromatic N) is 4. The van der Waals surface area contributed by atoms with E-state index in [4.69, 9.17) is 4.37 Å². The number of hydrogen-bond acceptors (Lipinski definition) is 6. The average molecular weight is 491 g/mol. The highest BCUT2D eigenvalue weighted by Gasteiger charge is 2.60. The van der Waals surface area contributed by atoms with Crippen LogP contribution in [0.2, 0.25) is 0 Å². The molecule has 2 amide bonds. The van der Waals surface area contributed by atoms with Crippen molar-refractivity contribution in [2.45, 2.75) is 38.5 Å². The minimum atomic E-state index is -0.00115. The lowest BCUT2D eigenvalue weighted by Crippen LogP contribution is -2.48. The lowest BCUT2D eigenvalue weighted by atomic mass is 9.81. The summed E-state index contributed by atoms with van der Waals surface area (Å²) in [5, 5.41) is 1.27. The second-order valence-electron chi connectivity index (χ2n) is 11.3. The molecule has 0 N–H and O–H groups in total. The van der Waals surface area contributed by atoms with Gasteiger partial charge in [0.1, 0.15) is 5.82 Å². The van der Waals surface area contributed by atoms with Crippen molar-refractivity contribution in [3.05, 3.63) is 35.9 Å². The number of carbonyl (C=O) groups excluding carboxylic acids is 2. The highest BCUT2D eigenvalue weighted by Crippen LogP contribution is 2.56. The molecule has 7 heteroatoms. The number of likely N-dealkylation sites (tertiary alicyclic amines) is 1. The van der Waals surface area contributed by atoms with E-state index in [1.165, 1.54) is 22.1 Å². The third-order valence-corrected chi connectivity index (χ3v) is 10.4. The Morgan fingerprint density at radius 3 is 2.46 bits per heavy atom. The summed E-state index contributed by atoms with van der Waals surface area (Å²) in [6.07, 6.45) is 9.18. The zero-order valence-electron chi connectivity index (χ0n) is 20.3. The molecular weight excluding hydrogens is 456 g/mol. The number of hydrogen-bond donors (Lipinski definition) is 0. The molecular formula is C28H34N4O2S. The Bertz CT molecular complexity index is 1150. The lowest BCUT2D eigenvalue weighted by molar-refractivity contribution is -0.140. The minimum Gasteiger partial charge on any atom is -0.353 e. The standard InChI is InChI=1S/C28H34N4O2S/c33-27-24-18-9-10-19(15-18)25(24)28(34)32(27)17-21-6-2-1-5-20(21)16-30-11-13-31(14-12-30)26-22-7-3-4-8-23(22)35-29-26/h3-4,6-8,18-20,24-25H,1-2,5,9-17H2/t18-,19+,20-,24+,25-/m0/s1. The SMILES string of the molecule is O=C1[C@@H]2[C@H]3CC[C@H](C3)[C@@H]2C(=O)N1CC1=CCCC[C@H]1CN1CCN(c2nsc3ccccc23)CC1. The quantitative estimate of drug-likeness (QED) is 0.465. The first-order chi connectivity index (χ1) is 17.2. The summed E-state index contributed by atoms with van der Waals surface area (Å²) in [7, 11) is 0. The summed E-state index contributed by atoms with van der Waals surface area (Å²) in [4.78, 5) is 33.2. The van der Waals surface area contributed by atoms with E-state index in [1.807, 2.05) is 0 Å². The molecule has 2 saturated heterocycles. The first-order valence-corrected chi connectivity index (χ1v) is 14.3. The van der Waals surface area contributed by atoms with Crippen LogP contribution in [0.1, 0.15) is 38.5 Å². The topological polar surface area (TPSA) is 56.8 Å². The molecule has 0 spiro atoms. The second kappa shape index (κ2) is 8.70. The Morgan fingerprint density at radius 2 is 1.69 bits per heavy atom. The third kappa shape index (κ3) is 3.65. The van der Waals surface area contributed by atoms with Gasteiger partial charge in [0.25, 0.3) is 0 Å². The van der Waals surface area contributed by atoms with Gasteiger partial charge in [-0.3, -0.25) is 19.4 Å². The smallest absolute Gasteiger partial charge is 0.233 e. The van der Waals surface area contributed by atoms with Crippen molar-refractivity contribution in [1.29, 1.82) is 0 Å². The van der Waals surface area contributed by atoms with Gasteiger partial charge in [-0.1, -0.05) is 18.2 Å². The van der Waals surface area contributed by atoms with Gasteiger partial charge in [0, 0.05) is 44.7 Å². The first kappa shape index (κ1) is 22.0. The van der Waals surface area contributed by atoms with Gasteiger partial charge >= 0.3 is 0 Å². The molecule has 184 valence electrons. The molecule has 6 nitrogen and oxygen atoms in total. The van der Waals surface area contributed by atoms with Crippen LogP contribution in [0.15, 0.2) is 35.9 Å². The normalized spacial score (nSPS) is 33.1. The Hall–Kier alpha value is -2.25. The summed E-state index contributed by atoms with van der Waals surface area (Å²) in [5.74, 6) is 2.80. The van der Waals surface area contributed by atoms with Crippen molar-refractivity contribution >= 4 is 39.3 Å².